The Morgan fingerprint density at radius 1 is 0.548 bits per heavy atom. The normalized spacial score (nSPS) is 11.4. The summed E-state index contributed by atoms with van der Waals surface area (Å²) in [5.41, 5.74) is 5.89. The van der Waals surface area contributed by atoms with E-state index in [1.54, 1.807) is 0 Å². The number of benzene rings is 4. The van der Waals surface area contributed by atoms with Crippen molar-refractivity contribution in [1.29, 1.82) is 0 Å². The molecule has 134 valence electrons. The summed E-state index contributed by atoms with van der Waals surface area (Å²) in [6, 6.07) is 20.0. The van der Waals surface area contributed by atoms with Crippen molar-refractivity contribution in [2.75, 3.05) is 0 Å². The van der Waals surface area contributed by atoms with E-state index in [1.165, 1.54) is 0 Å². The van der Waals surface area contributed by atoms with Crippen LogP contribution >= 0.6 is 15.9 Å². The minimum atomic E-state index is 0.188. The van der Waals surface area contributed by atoms with E-state index in [4.69, 9.17) is 43.6 Å². The second-order valence-electron chi connectivity index (χ2n) is 7.42. The zero-order valence-electron chi connectivity index (χ0n) is 16.4. The van der Waals surface area contributed by atoms with Crippen molar-refractivity contribution >= 4 is 104 Å². The molecule has 0 aliphatic rings. The SMILES string of the molecule is [B]c1c([B])c([B])c(-c2cccc3c2oc2c(-c4ccc(Br)cc4)cccc23)c([B])c1[B]. The van der Waals surface area contributed by atoms with Gasteiger partial charge in [-0.2, -0.15) is 0 Å². The highest BCUT2D eigenvalue weighted by Gasteiger charge is 2.19. The first kappa shape index (κ1) is 20.4. The number of fused-ring (bicyclic) bond motifs is 3. The molecule has 5 rings (SSSR count). The number of rotatable bonds is 2. The van der Waals surface area contributed by atoms with Crippen LogP contribution in [0.1, 0.15) is 0 Å². The van der Waals surface area contributed by atoms with Gasteiger partial charge in [0.25, 0.3) is 0 Å². The third-order valence-electron chi connectivity index (χ3n) is 5.65. The van der Waals surface area contributed by atoms with Gasteiger partial charge < -0.3 is 4.42 Å². The van der Waals surface area contributed by atoms with Gasteiger partial charge in [0.15, 0.2) is 0 Å². The molecule has 0 bridgehead atoms. The van der Waals surface area contributed by atoms with Crippen LogP contribution < -0.4 is 27.3 Å². The summed E-state index contributed by atoms with van der Waals surface area (Å²) in [6.07, 6.45) is 0. The second kappa shape index (κ2) is 7.56. The highest BCUT2D eigenvalue weighted by Crippen LogP contribution is 2.39. The monoisotopic (exact) mass is 448 g/mol. The van der Waals surface area contributed by atoms with E-state index in [1.807, 2.05) is 60.7 Å². The van der Waals surface area contributed by atoms with Crippen molar-refractivity contribution in [3.8, 4) is 22.3 Å². The lowest BCUT2D eigenvalue weighted by Crippen LogP contribution is -2.55. The summed E-state index contributed by atoms with van der Waals surface area (Å²) in [5, 5.41) is 1.94. The van der Waals surface area contributed by atoms with Crippen LogP contribution in [0, 0.1) is 0 Å². The summed E-state index contributed by atoms with van der Waals surface area (Å²) in [7, 11) is 30.8. The average molecular weight is 448 g/mol. The summed E-state index contributed by atoms with van der Waals surface area (Å²) >= 11 is 3.48. The molecule has 0 aliphatic heterocycles. The van der Waals surface area contributed by atoms with Crippen molar-refractivity contribution in [1.82, 2.24) is 0 Å². The molecule has 10 radical (unpaired) electrons. The van der Waals surface area contributed by atoms with Gasteiger partial charge in [-0.25, -0.2) is 0 Å². The van der Waals surface area contributed by atoms with Crippen molar-refractivity contribution in [3.63, 3.8) is 0 Å². The largest absolute Gasteiger partial charge is 0.455 e. The van der Waals surface area contributed by atoms with Gasteiger partial charge in [0, 0.05) is 26.4 Å². The van der Waals surface area contributed by atoms with Crippen LogP contribution in [-0.4, -0.2) is 39.2 Å². The van der Waals surface area contributed by atoms with Gasteiger partial charge in [-0.05, 0) is 23.3 Å². The van der Waals surface area contributed by atoms with Crippen molar-refractivity contribution in [2.24, 2.45) is 0 Å². The molecule has 4 aromatic carbocycles. The molecule has 5 aromatic rings. The molecular formula is C24H10B5BrO. The molecule has 31 heavy (non-hydrogen) atoms. The maximum Gasteiger partial charge on any atom is 0.143 e. The molecule has 0 atom stereocenters. The van der Waals surface area contributed by atoms with Crippen LogP contribution in [0.4, 0.5) is 0 Å². The van der Waals surface area contributed by atoms with Crippen LogP contribution in [0.3, 0.4) is 0 Å². The molecule has 0 amide bonds. The molecule has 1 aromatic heterocycles. The first-order valence-corrected chi connectivity index (χ1v) is 10.4. The summed E-state index contributed by atoms with van der Waals surface area (Å²) in [6.45, 7) is 0. The standard InChI is InChI=1S/C24H10B5BrO/c25-18-17(19(26)21(28)22(29)20(18)27)16-6-2-5-15-14-4-1-3-13(23(14)31-24(15)16)11-7-9-12(30)10-8-11/h1-10H. The topological polar surface area (TPSA) is 13.1 Å². The van der Waals surface area contributed by atoms with Crippen molar-refractivity contribution in [3.05, 3.63) is 65.1 Å². The Morgan fingerprint density at radius 3 is 1.61 bits per heavy atom. The molecule has 7 heteroatoms. The van der Waals surface area contributed by atoms with Crippen molar-refractivity contribution in [2.45, 2.75) is 0 Å². The summed E-state index contributed by atoms with van der Waals surface area (Å²) < 4.78 is 7.45. The maximum absolute atomic E-state index is 6.44. The fourth-order valence-corrected chi connectivity index (χ4v) is 4.28. The molecule has 0 aliphatic carbocycles. The number of halogens is 1. The Bertz CT molecular complexity index is 1460. The fourth-order valence-electron chi connectivity index (χ4n) is 4.01. The first-order chi connectivity index (χ1) is 14.9. The van der Waals surface area contributed by atoms with Gasteiger partial charge >= 0.3 is 0 Å². The van der Waals surface area contributed by atoms with E-state index < -0.39 is 0 Å². The molecule has 0 saturated heterocycles. The summed E-state index contributed by atoms with van der Waals surface area (Å²) in [5.74, 6) is 0. The Morgan fingerprint density at radius 2 is 1.03 bits per heavy atom. The highest BCUT2D eigenvalue weighted by atomic mass is 79.9. The third kappa shape index (κ3) is 3.13. The van der Waals surface area contributed by atoms with E-state index in [-0.39, 0.29) is 27.3 Å². The lowest BCUT2D eigenvalue weighted by Gasteiger charge is -2.21. The third-order valence-corrected chi connectivity index (χ3v) is 6.18. The maximum atomic E-state index is 6.44. The quantitative estimate of drug-likeness (QED) is 0.375. The average Bonchev–Trinajstić information content (AvgIpc) is 3.17. The van der Waals surface area contributed by atoms with Crippen LogP contribution in [0.25, 0.3) is 44.2 Å². The van der Waals surface area contributed by atoms with Crippen LogP contribution in [0.5, 0.6) is 0 Å². The van der Waals surface area contributed by atoms with Crippen LogP contribution in [0.15, 0.2) is 69.6 Å². The molecule has 0 spiro atoms. The van der Waals surface area contributed by atoms with Crippen molar-refractivity contribution < 1.29 is 4.42 Å². The van der Waals surface area contributed by atoms with E-state index >= 15 is 0 Å². The Kier molecular flexibility index (Phi) is 4.98. The van der Waals surface area contributed by atoms with E-state index in [2.05, 4.69) is 15.9 Å². The van der Waals surface area contributed by atoms with Gasteiger partial charge in [-0.15, -0.1) is 16.4 Å². The van der Waals surface area contributed by atoms with E-state index in [9.17, 15) is 0 Å². The first-order valence-electron chi connectivity index (χ1n) is 9.60. The Labute approximate surface area is 195 Å². The van der Waals surface area contributed by atoms with E-state index in [0.717, 1.165) is 32.0 Å². The predicted molar refractivity (Wildman–Crippen MR) is 139 cm³/mol. The van der Waals surface area contributed by atoms with Gasteiger partial charge in [-0.1, -0.05) is 75.4 Å². The van der Waals surface area contributed by atoms with Crippen LogP contribution in [-0.2, 0) is 0 Å². The molecule has 0 fully saturated rings. The number of hydrogen-bond donors (Lipinski definition) is 0. The van der Waals surface area contributed by atoms with Crippen LogP contribution in [0.2, 0.25) is 0 Å². The Balaban J connectivity index is 1.85. The zero-order chi connectivity index (χ0) is 21.9. The minimum Gasteiger partial charge on any atom is -0.455 e. The number of para-hydroxylation sites is 2. The predicted octanol–water partition coefficient (Wildman–Crippen LogP) is 1.65. The number of furan rings is 1. The molecule has 1 heterocycles. The van der Waals surface area contributed by atoms with Gasteiger partial charge in [0.05, 0.1) is 0 Å². The van der Waals surface area contributed by atoms with Gasteiger partial charge in [0.1, 0.15) is 50.4 Å². The summed E-state index contributed by atoms with van der Waals surface area (Å²) in [4.78, 5) is 0. The molecule has 0 saturated carbocycles. The highest BCUT2D eigenvalue weighted by molar-refractivity contribution is 9.10. The fraction of sp³-hybridized carbons (Fsp3) is 0. The molecule has 0 unspecified atom stereocenters. The second-order valence-corrected chi connectivity index (χ2v) is 8.33. The lowest BCUT2D eigenvalue weighted by atomic mass is 9.59. The van der Waals surface area contributed by atoms with Gasteiger partial charge in [0.2, 0.25) is 0 Å². The van der Waals surface area contributed by atoms with Gasteiger partial charge in [-0.3, -0.25) is 0 Å². The molecular weight excluding hydrogens is 438 g/mol. The zero-order valence-corrected chi connectivity index (χ0v) is 18.0. The molecule has 0 N–H and O–H groups in total. The van der Waals surface area contributed by atoms with E-state index in [0.29, 0.717) is 16.7 Å². The molecule has 1 nitrogen and oxygen atoms in total. The minimum absolute atomic E-state index is 0.188. The number of hydrogen-bond acceptors (Lipinski definition) is 1. The Hall–Kier alpha value is -2.52. The lowest BCUT2D eigenvalue weighted by molar-refractivity contribution is 0.671. The smallest absolute Gasteiger partial charge is 0.143 e.